The molecule has 0 N–H and O–H groups in total. The van der Waals surface area contributed by atoms with E-state index in [1.807, 2.05) is 6.07 Å². The summed E-state index contributed by atoms with van der Waals surface area (Å²) < 4.78 is 15.4. The standard InChI is InChI=1S/C27H35NO7Si/c1-27(2,3)28(18-23(29)33-16-17-36(4,5)6)26(32)35-19-34-25(31)22-14-12-21(13-15-22)24(30)20-10-8-7-9-11-20/h7-15H,16-19H2,1-6H3. The monoisotopic (exact) mass is 513 g/mol. The summed E-state index contributed by atoms with van der Waals surface area (Å²) >= 11 is 0. The third-order valence-corrected chi connectivity index (χ3v) is 6.93. The predicted octanol–water partition coefficient (Wildman–Crippen LogP) is 5.15. The number of amides is 1. The first-order valence-electron chi connectivity index (χ1n) is 11.7. The minimum absolute atomic E-state index is 0.161. The van der Waals surface area contributed by atoms with Gasteiger partial charge in [0, 0.05) is 24.7 Å². The first-order chi connectivity index (χ1) is 16.8. The van der Waals surface area contributed by atoms with Gasteiger partial charge in [-0.2, -0.15) is 0 Å². The van der Waals surface area contributed by atoms with E-state index in [1.165, 1.54) is 29.2 Å². The number of hydrogen-bond donors (Lipinski definition) is 0. The molecule has 9 heteroatoms. The smallest absolute Gasteiger partial charge is 0.413 e. The Bertz CT molecular complexity index is 1050. The third-order valence-electron chi connectivity index (χ3n) is 5.22. The minimum Gasteiger partial charge on any atom is -0.465 e. The van der Waals surface area contributed by atoms with E-state index in [9.17, 15) is 19.2 Å². The summed E-state index contributed by atoms with van der Waals surface area (Å²) in [5.41, 5.74) is 0.458. The molecular formula is C27H35NO7Si. The van der Waals surface area contributed by atoms with Crippen LogP contribution in [0.25, 0.3) is 0 Å². The van der Waals surface area contributed by atoms with E-state index in [-0.39, 0.29) is 17.9 Å². The van der Waals surface area contributed by atoms with Gasteiger partial charge in [-0.15, -0.1) is 0 Å². The molecule has 0 bridgehead atoms. The fourth-order valence-electron chi connectivity index (χ4n) is 3.03. The molecule has 1 amide bonds. The number of esters is 2. The number of rotatable bonds is 10. The average molecular weight is 514 g/mol. The second kappa shape index (κ2) is 12.5. The first kappa shape index (κ1) is 28.8. The highest BCUT2D eigenvalue weighted by Crippen LogP contribution is 2.16. The Kier molecular flexibility index (Phi) is 9.98. The highest BCUT2D eigenvalue weighted by molar-refractivity contribution is 6.76. The molecule has 0 atom stereocenters. The molecule has 0 saturated carbocycles. The maximum absolute atomic E-state index is 12.6. The van der Waals surface area contributed by atoms with Crippen molar-refractivity contribution in [2.75, 3.05) is 19.9 Å². The van der Waals surface area contributed by atoms with Crippen molar-refractivity contribution in [3.8, 4) is 0 Å². The topological polar surface area (TPSA) is 99.2 Å². The Hall–Kier alpha value is -3.46. The highest BCUT2D eigenvalue weighted by atomic mass is 28.3. The van der Waals surface area contributed by atoms with Gasteiger partial charge in [0.15, 0.2) is 5.78 Å². The van der Waals surface area contributed by atoms with Crippen LogP contribution in [0.15, 0.2) is 54.6 Å². The van der Waals surface area contributed by atoms with Gasteiger partial charge in [-0.1, -0.05) is 62.1 Å². The molecule has 2 aromatic carbocycles. The molecule has 0 radical (unpaired) electrons. The second-order valence-corrected chi connectivity index (χ2v) is 16.1. The highest BCUT2D eigenvalue weighted by Gasteiger charge is 2.31. The van der Waals surface area contributed by atoms with Gasteiger partial charge in [-0.3, -0.25) is 14.5 Å². The molecule has 2 rings (SSSR count). The van der Waals surface area contributed by atoms with Crippen molar-refractivity contribution in [2.45, 2.75) is 52.0 Å². The van der Waals surface area contributed by atoms with Crippen LogP contribution in [0.3, 0.4) is 0 Å². The maximum Gasteiger partial charge on any atom is 0.413 e. The summed E-state index contributed by atoms with van der Waals surface area (Å²) in [5.74, 6) is -1.40. The van der Waals surface area contributed by atoms with Gasteiger partial charge in [0.25, 0.3) is 0 Å². The van der Waals surface area contributed by atoms with Crippen LogP contribution in [-0.4, -0.2) is 62.3 Å². The number of ether oxygens (including phenoxy) is 3. The van der Waals surface area contributed by atoms with Crippen molar-refractivity contribution in [1.82, 2.24) is 4.90 Å². The molecule has 0 fully saturated rings. The molecule has 0 spiro atoms. The van der Waals surface area contributed by atoms with E-state index in [1.54, 1.807) is 45.0 Å². The maximum atomic E-state index is 12.6. The van der Waals surface area contributed by atoms with E-state index in [0.717, 1.165) is 6.04 Å². The Labute approximate surface area is 213 Å². The lowest BCUT2D eigenvalue weighted by Gasteiger charge is -2.33. The van der Waals surface area contributed by atoms with Gasteiger partial charge in [0.2, 0.25) is 6.79 Å². The van der Waals surface area contributed by atoms with Crippen LogP contribution >= 0.6 is 0 Å². The van der Waals surface area contributed by atoms with Gasteiger partial charge in [-0.25, -0.2) is 9.59 Å². The number of carbonyl (C=O) groups is 4. The Morgan fingerprint density at radius 3 is 1.89 bits per heavy atom. The fraction of sp³-hybridized carbons (Fsp3) is 0.407. The van der Waals surface area contributed by atoms with Gasteiger partial charge in [-0.05, 0) is 38.9 Å². The molecule has 2 aromatic rings. The minimum atomic E-state index is -1.35. The van der Waals surface area contributed by atoms with Crippen LogP contribution < -0.4 is 0 Å². The zero-order valence-electron chi connectivity index (χ0n) is 21.8. The lowest BCUT2D eigenvalue weighted by atomic mass is 10.0. The molecule has 8 nitrogen and oxygen atoms in total. The van der Waals surface area contributed by atoms with Crippen LogP contribution in [0.5, 0.6) is 0 Å². The zero-order valence-corrected chi connectivity index (χ0v) is 22.8. The molecule has 0 aliphatic heterocycles. The molecule has 0 aromatic heterocycles. The summed E-state index contributed by atoms with van der Waals surface area (Å²) in [4.78, 5) is 50.9. The third kappa shape index (κ3) is 9.29. The second-order valence-electron chi connectivity index (χ2n) is 10.5. The van der Waals surface area contributed by atoms with Crippen LogP contribution in [0.4, 0.5) is 4.79 Å². The van der Waals surface area contributed by atoms with Crippen LogP contribution in [0, 0.1) is 0 Å². The van der Waals surface area contributed by atoms with Crippen molar-refractivity contribution < 1.29 is 33.4 Å². The lowest BCUT2D eigenvalue weighted by Crippen LogP contribution is -2.49. The van der Waals surface area contributed by atoms with E-state index in [0.29, 0.717) is 17.7 Å². The zero-order chi connectivity index (χ0) is 26.9. The summed E-state index contributed by atoms with van der Waals surface area (Å²) in [6, 6.07) is 15.6. The van der Waals surface area contributed by atoms with E-state index >= 15 is 0 Å². The van der Waals surface area contributed by atoms with Crippen LogP contribution in [0.1, 0.15) is 47.1 Å². The molecule has 0 heterocycles. The van der Waals surface area contributed by atoms with Gasteiger partial charge in [0.1, 0.15) is 6.54 Å². The van der Waals surface area contributed by atoms with Crippen LogP contribution in [-0.2, 0) is 19.0 Å². The predicted molar refractivity (Wildman–Crippen MR) is 139 cm³/mol. The SMILES string of the molecule is CC(C)(C)N(CC(=O)OCC[Si](C)(C)C)C(=O)OCOC(=O)c1ccc(C(=O)c2ccccc2)cc1. The summed E-state index contributed by atoms with van der Waals surface area (Å²) in [6.07, 6.45) is -0.804. The summed E-state index contributed by atoms with van der Waals surface area (Å²) in [7, 11) is -1.35. The molecule has 0 aliphatic rings. The Morgan fingerprint density at radius 2 is 1.33 bits per heavy atom. The van der Waals surface area contributed by atoms with Crippen molar-refractivity contribution in [3.63, 3.8) is 0 Å². The molecule has 0 aliphatic carbocycles. The Morgan fingerprint density at radius 1 is 0.778 bits per heavy atom. The fourth-order valence-corrected chi connectivity index (χ4v) is 3.74. The Balaban J connectivity index is 1.88. The summed E-state index contributed by atoms with van der Waals surface area (Å²) in [6.45, 7) is 11.2. The van der Waals surface area contributed by atoms with E-state index < -0.39 is 38.4 Å². The van der Waals surface area contributed by atoms with Crippen molar-refractivity contribution in [3.05, 3.63) is 71.3 Å². The number of ketones is 1. The molecular weight excluding hydrogens is 478 g/mol. The van der Waals surface area contributed by atoms with Crippen molar-refractivity contribution in [2.24, 2.45) is 0 Å². The van der Waals surface area contributed by atoms with E-state index in [2.05, 4.69) is 19.6 Å². The van der Waals surface area contributed by atoms with Crippen molar-refractivity contribution >= 4 is 31.9 Å². The van der Waals surface area contributed by atoms with Gasteiger partial charge in [0.05, 0.1) is 12.2 Å². The van der Waals surface area contributed by atoms with E-state index in [4.69, 9.17) is 14.2 Å². The van der Waals surface area contributed by atoms with Gasteiger partial charge >= 0.3 is 18.0 Å². The molecule has 0 saturated heterocycles. The summed E-state index contributed by atoms with van der Waals surface area (Å²) in [5, 5.41) is 0. The normalized spacial score (nSPS) is 11.4. The number of hydrogen-bond acceptors (Lipinski definition) is 7. The van der Waals surface area contributed by atoms with Gasteiger partial charge < -0.3 is 14.2 Å². The first-order valence-corrected chi connectivity index (χ1v) is 15.5. The average Bonchev–Trinajstić information content (AvgIpc) is 2.81. The number of benzene rings is 2. The van der Waals surface area contributed by atoms with Crippen LogP contribution in [0.2, 0.25) is 25.7 Å². The quantitative estimate of drug-likeness (QED) is 0.187. The molecule has 194 valence electrons. The lowest BCUT2D eigenvalue weighted by molar-refractivity contribution is -0.145. The largest absolute Gasteiger partial charge is 0.465 e. The van der Waals surface area contributed by atoms with Crippen molar-refractivity contribution in [1.29, 1.82) is 0 Å². The number of carbonyl (C=O) groups excluding carboxylic acids is 4. The molecule has 36 heavy (non-hydrogen) atoms. The molecule has 0 unspecified atom stereocenters. The number of nitrogens with zero attached hydrogens (tertiary/aromatic N) is 1.